The number of nitrogens with one attached hydrogen (secondary N) is 2. The van der Waals surface area contributed by atoms with E-state index in [1.165, 1.54) is 18.2 Å². The number of aromatic nitrogens is 2. The molecule has 6 nitrogen and oxygen atoms in total. The summed E-state index contributed by atoms with van der Waals surface area (Å²) >= 11 is 0. The van der Waals surface area contributed by atoms with Crippen LogP contribution >= 0.6 is 0 Å². The summed E-state index contributed by atoms with van der Waals surface area (Å²) in [7, 11) is 0. The Balaban J connectivity index is 1.92. The van der Waals surface area contributed by atoms with Gasteiger partial charge in [0.1, 0.15) is 11.6 Å². The number of benzene rings is 2. The summed E-state index contributed by atoms with van der Waals surface area (Å²) in [4.78, 5) is 8.96. The van der Waals surface area contributed by atoms with E-state index in [-0.39, 0.29) is 30.3 Å². The number of alkyl halides is 3. The zero-order valence-electron chi connectivity index (χ0n) is 18.6. The number of aliphatic hydroxyl groups is 1. The lowest BCUT2D eigenvalue weighted by atomic mass is 10.1. The van der Waals surface area contributed by atoms with Gasteiger partial charge < -0.3 is 20.5 Å². The highest BCUT2D eigenvalue weighted by molar-refractivity contribution is 5.66. The van der Waals surface area contributed by atoms with E-state index in [1.54, 1.807) is 12.1 Å². The SMILES string of the molecule is Cc1ccc(CNc2cc(-c3cccc(OC(F)(F)F)c3)nc(N[C@@H](CO)C(C)C)n2)cc1. The van der Waals surface area contributed by atoms with Crippen LogP contribution in [-0.2, 0) is 6.54 Å². The molecule has 33 heavy (non-hydrogen) atoms. The molecular formula is C24H27F3N4O2. The summed E-state index contributed by atoms with van der Waals surface area (Å²) < 4.78 is 42.0. The van der Waals surface area contributed by atoms with E-state index in [0.29, 0.717) is 23.6 Å². The monoisotopic (exact) mass is 460 g/mol. The van der Waals surface area contributed by atoms with E-state index in [9.17, 15) is 18.3 Å². The van der Waals surface area contributed by atoms with Crippen molar-refractivity contribution >= 4 is 11.8 Å². The second-order valence-corrected chi connectivity index (χ2v) is 8.05. The van der Waals surface area contributed by atoms with Crippen molar-refractivity contribution in [2.45, 2.75) is 39.7 Å². The van der Waals surface area contributed by atoms with Gasteiger partial charge in [0.15, 0.2) is 0 Å². The average molecular weight is 461 g/mol. The zero-order valence-corrected chi connectivity index (χ0v) is 18.6. The van der Waals surface area contributed by atoms with Crippen molar-refractivity contribution in [2.24, 2.45) is 5.92 Å². The molecule has 9 heteroatoms. The molecule has 3 aromatic rings. The predicted octanol–water partition coefficient (Wildman–Crippen LogP) is 5.39. The van der Waals surface area contributed by atoms with Gasteiger partial charge in [-0.1, -0.05) is 55.8 Å². The zero-order chi connectivity index (χ0) is 24.0. The summed E-state index contributed by atoms with van der Waals surface area (Å²) in [5, 5.41) is 16.0. The topological polar surface area (TPSA) is 79.3 Å². The number of halogens is 3. The molecule has 2 aromatic carbocycles. The van der Waals surface area contributed by atoms with Crippen LogP contribution in [0.2, 0.25) is 0 Å². The summed E-state index contributed by atoms with van der Waals surface area (Å²) in [6.07, 6.45) is -4.79. The highest BCUT2D eigenvalue weighted by Gasteiger charge is 2.31. The third-order valence-corrected chi connectivity index (χ3v) is 5.00. The molecule has 0 bridgehead atoms. The number of aliphatic hydroxyl groups excluding tert-OH is 1. The lowest BCUT2D eigenvalue weighted by molar-refractivity contribution is -0.274. The quantitative estimate of drug-likeness (QED) is 0.397. The van der Waals surface area contributed by atoms with Crippen LogP contribution in [0, 0.1) is 12.8 Å². The van der Waals surface area contributed by atoms with Crippen LogP contribution in [0.25, 0.3) is 11.3 Å². The van der Waals surface area contributed by atoms with E-state index < -0.39 is 6.36 Å². The normalized spacial score (nSPS) is 12.5. The van der Waals surface area contributed by atoms with Crippen molar-refractivity contribution in [3.05, 3.63) is 65.7 Å². The largest absolute Gasteiger partial charge is 0.573 e. The Morgan fingerprint density at radius 1 is 1.03 bits per heavy atom. The molecule has 0 fully saturated rings. The summed E-state index contributed by atoms with van der Waals surface area (Å²) in [5.74, 6) is 0.520. The van der Waals surface area contributed by atoms with Crippen molar-refractivity contribution in [1.29, 1.82) is 0 Å². The molecule has 0 saturated carbocycles. The van der Waals surface area contributed by atoms with Gasteiger partial charge in [-0.25, -0.2) is 4.98 Å². The van der Waals surface area contributed by atoms with E-state index in [2.05, 4.69) is 25.3 Å². The van der Waals surface area contributed by atoms with Crippen molar-refractivity contribution in [3.8, 4) is 17.0 Å². The number of rotatable bonds is 9. The fourth-order valence-corrected chi connectivity index (χ4v) is 3.09. The minimum absolute atomic E-state index is 0.106. The maximum Gasteiger partial charge on any atom is 0.573 e. The van der Waals surface area contributed by atoms with Crippen molar-refractivity contribution in [1.82, 2.24) is 9.97 Å². The first kappa shape index (κ1) is 24.3. The molecule has 0 radical (unpaired) electrons. The van der Waals surface area contributed by atoms with Gasteiger partial charge >= 0.3 is 6.36 Å². The number of nitrogens with zero attached hydrogens (tertiary/aromatic N) is 2. The molecule has 0 amide bonds. The van der Waals surface area contributed by atoms with Crippen molar-refractivity contribution < 1.29 is 23.0 Å². The number of anilines is 2. The van der Waals surface area contributed by atoms with Crippen LogP contribution in [0.5, 0.6) is 5.75 Å². The second-order valence-electron chi connectivity index (χ2n) is 8.05. The van der Waals surface area contributed by atoms with Gasteiger partial charge in [0.25, 0.3) is 0 Å². The fraction of sp³-hybridized carbons (Fsp3) is 0.333. The molecule has 3 rings (SSSR count). The third kappa shape index (κ3) is 7.35. The van der Waals surface area contributed by atoms with Gasteiger partial charge in [-0.15, -0.1) is 13.2 Å². The highest BCUT2D eigenvalue weighted by atomic mass is 19.4. The fourth-order valence-electron chi connectivity index (χ4n) is 3.09. The first-order valence-corrected chi connectivity index (χ1v) is 10.5. The van der Waals surface area contributed by atoms with E-state index in [1.807, 2.05) is 45.0 Å². The van der Waals surface area contributed by atoms with Gasteiger partial charge in [0.2, 0.25) is 5.95 Å². The summed E-state index contributed by atoms with van der Waals surface area (Å²) in [6.45, 7) is 6.29. The third-order valence-electron chi connectivity index (χ3n) is 5.00. The number of ether oxygens (including phenoxy) is 1. The minimum Gasteiger partial charge on any atom is -0.406 e. The second kappa shape index (κ2) is 10.5. The molecule has 3 N–H and O–H groups in total. The number of hydrogen-bond acceptors (Lipinski definition) is 6. The molecule has 0 aliphatic rings. The molecule has 1 aromatic heterocycles. The first-order valence-electron chi connectivity index (χ1n) is 10.5. The van der Waals surface area contributed by atoms with E-state index in [0.717, 1.165) is 11.1 Å². The Morgan fingerprint density at radius 3 is 2.39 bits per heavy atom. The predicted molar refractivity (Wildman–Crippen MR) is 122 cm³/mol. The van der Waals surface area contributed by atoms with Crippen molar-refractivity contribution in [3.63, 3.8) is 0 Å². The van der Waals surface area contributed by atoms with Gasteiger partial charge in [-0.3, -0.25) is 0 Å². The van der Waals surface area contributed by atoms with E-state index >= 15 is 0 Å². The van der Waals surface area contributed by atoms with Crippen LogP contribution in [0.4, 0.5) is 24.9 Å². The average Bonchev–Trinajstić information content (AvgIpc) is 2.76. The molecule has 1 atom stereocenters. The van der Waals surface area contributed by atoms with Crippen molar-refractivity contribution in [2.75, 3.05) is 17.2 Å². The molecular weight excluding hydrogens is 433 g/mol. The minimum atomic E-state index is -4.79. The standard InChI is InChI=1S/C24H27F3N4O2/c1-15(2)21(14-32)30-23-29-20(18-5-4-6-19(11-18)33-24(25,26)27)12-22(31-23)28-13-17-9-7-16(3)8-10-17/h4-12,15,21,32H,13-14H2,1-3H3,(H2,28,29,30,31)/t21-/m0/s1. The van der Waals surface area contributed by atoms with Gasteiger partial charge in [0.05, 0.1) is 18.3 Å². The Hall–Kier alpha value is -3.33. The van der Waals surface area contributed by atoms with Crippen LogP contribution in [0.3, 0.4) is 0 Å². The molecule has 0 spiro atoms. The van der Waals surface area contributed by atoms with E-state index in [4.69, 9.17) is 0 Å². The molecule has 0 aliphatic carbocycles. The summed E-state index contributed by atoms with van der Waals surface area (Å²) in [6, 6.07) is 15.0. The van der Waals surface area contributed by atoms with Crippen LogP contribution in [0.15, 0.2) is 54.6 Å². The molecule has 176 valence electrons. The van der Waals surface area contributed by atoms with Crippen LogP contribution in [0.1, 0.15) is 25.0 Å². The molecule has 0 saturated heterocycles. The Morgan fingerprint density at radius 2 is 1.76 bits per heavy atom. The summed E-state index contributed by atoms with van der Waals surface area (Å²) in [5.41, 5.74) is 3.04. The van der Waals surface area contributed by atoms with Gasteiger partial charge in [-0.2, -0.15) is 4.98 Å². The Labute approximate surface area is 190 Å². The smallest absolute Gasteiger partial charge is 0.406 e. The molecule has 1 heterocycles. The first-order chi connectivity index (χ1) is 15.6. The lowest BCUT2D eigenvalue weighted by Crippen LogP contribution is -2.30. The van der Waals surface area contributed by atoms with Gasteiger partial charge in [0, 0.05) is 18.2 Å². The molecule has 0 aliphatic heterocycles. The van der Waals surface area contributed by atoms with Crippen LogP contribution in [-0.4, -0.2) is 34.1 Å². The number of hydrogen-bond donors (Lipinski definition) is 3. The Bertz CT molecular complexity index is 1060. The maximum absolute atomic E-state index is 12.7. The Kier molecular flexibility index (Phi) is 7.75. The molecule has 0 unspecified atom stereocenters. The number of aryl methyl sites for hydroxylation is 1. The van der Waals surface area contributed by atoms with Crippen LogP contribution < -0.4 is 15.4 Å². The van der Waals surface area contributed by atoms with Gasteiger partial charge in [-0.05, 0) is 30.5 Å². The highest BCUT2D eigenvalue weighted by Crippen LogP contribution is 2.29. The maximum atomic E-state index is 12.7. The lowest BCUT2D eigenvalue weighted by Gasteiger charge is -2.21.